The molecule has 1 aromatic rings. The molecule has 5 heteroatoms. The molecule has 1 aliphatic heterocycles. The quantitative estimate of drug-likeness (QED) is 0.725. The first-order valence-corrected chi connectivity index (χ1v) is 11.5. The van der Waals surface area contributed by atoms with Crippen molar-refractivity contribution in [1.82, 2.24) is 4.90 Å². The summed E-state index contributed by atoms with van der Waals surface area (Å²) in [5.74, 6) is 0.422. The summed E-state index contributed by atoms with van der Waals surface area (Å²) in [4.78, 5) is 14.6. The third-order valence-corrected chi connectivity index (χ3v) is 6.92. The van der Waals surface area contributed by atoms with Crippen molar-refractivity contribution in [2.75, 3.05) is 18.1 Å². The van der Waals surface area contributed by atoms with Crippen LogP contribution < -0.4 is 0 Å². The maximum absolute atomic E-state index is 12.8. The predicted octanol–water partition coefficient (Wildman–Crippen LogP) is 3.73. The SMILES string of the molecule is CCCCN(C(=O)CCc1ccc(C(C)(C)C)cc1)C1CCS(=O)(=O)C1. The highest BCUT2D eigenvalue weighted by Crippen LogP contribution is 2.23. The van der Waals surface area contributed by atoms with Crippen molar-refractivity contribution in [2.45, 2.75) is 71.3 Å². The summed E-state index contributed by atoms with van der Waals surface area (Å²) >= 11 is 0. The highest BCUT2D eigenvalue weighted by atomic mass is 32.2. The fraction of sp³-hybridized carbons (Fsp3) is 0.667. The lowest BCUT2D eigenvalue weighted by atomic mass is 9.86. The van der Waals surface area contributed by atoms with Gasteiger partial charge >= 0.3 is 0 Å². The second kappa shape index (κ2) is 8.55. The van der Waals surface area contributed by atoms with Crippen molar-refractivity contribution in [2.24, 2.45) is 0 Å². The first kappa shape index (κ1) is 20.9. The normalized spacial score (nSPS) is 19.5. The van der Waals surface area contributed by atoms with Crippen molar-refractivity contribution < 1.29 is 13.2 Å². The molecule has 1 aromatic carbocycles. The van der Waals surface area contributed by atoms with E-state index >= 15 is 0 Å². The molecule has 26 heavy (non-hydrogen) atoms. The number of hydrogen-bond acceptors (Lipinski definition) is 3. The van der Waals surface area contributed by atoms with Gasteiger partial charge in [0.2, 0.25) is 5.91 Å². The minimum atomic E-state index is -2.98. The molecule has 1 heterocycles. The van der Waals surface area contributed by atoms with Gasteiger partial charge in [0, 0.05) is 19.0 Å². The number of hydrogen-bond donors (Lipinski definition) is 0. The van der Waals surface area contributed by atoms with Crippen molar-refractivity contribution in [3.8, 4) is 0 Å². The zero-order valence-corrected chi connectivity index (χ0v) is 17.4. The minimum absolute atomic E-state index is 0.0837. The van der Waals surface area contributed by atoms with Crippen LogP contribution in [0.5, 0.6) is 0 Å². The minimum Gasteiger partial charge on any atom is -0.339 e. The number of rotatable bonds is 7. The smallest absolute Gasteiger partial charge is 0.223 e. The molecule has 1 saturated heterocycles. The fourth-order valence-corrected chi connectivity index (χ4v) is 5.16. The van der Waals surface area contributed by atoms with Crippen LogP contribution in [-0.4, -0.2) is 43.3 Å². The molecule has 1 unspecified atom stereocenters. The molecule has 0 aromatic heterocycles. The van der Waals surface area contributed by atoms with Gasteiger partial charge in [-0.2, -0.15) is 0 Å². The predicted molar refractivity (Wildman–Crippen MR) is 107 cm³/mol. The van der Waals surface area contributed by atoms with Gasteiger partial charge in [0.15, 0.2) is 9.84 Å². The lowest BCUT2D eigenvalue weighted by molar-refractivity contribution is -0.133. The zero-order chi connectivity index (χ0) is 19.4. The van der Waals surface area contributed by atoms with E-state index < -0.39 is 9.84 Å². The second-order valence-electron chi connectivity index (χ2n) is 8.44. The molecule has 0 bridgehead atoms. The number of sulfone groups is 1. The number of carbonyl (C=O) groups excluding carboxylic acids is 1. The highest BCUT2D eigenvalue weighted by Gasteiger charge is 2.34. The topological polar surface area (TPSA) is 54.5 Å². The molecule has 0 spiro atoms. The lowest BCUT2D eigenvalue weighted by Crippen LogP contribution is -2.41. The average Bonchev–Trinajstić information content (AvgIpc) is 2.92. The third-order valence-electron chi connectivity index (χ3n) is 5.17. The summed E-state index contributed by atoms with van der Waals surface area (Å²) < 4.78 is 23.6. The number of benzene rings is 1. The van der Waals surface area contributed by atoms with Gasteiger partial charge < -0.3 is 4.90 Å². The molecule has 1 aliphatic rings. The van der Waals surface area contributed by atoms with E-state index in [1.54, 1.807) is 0 Å². The van der Waals surface area contributed by atoms with Crippen LogP contribution in [0.1, 0.15) is 64.5 Å². The summed E-state index contributed by atoms with van der Waals surface area (Å²) in [7, 11) is -2.98. The van der Waals surface area contributed by atoms with E-state index in [0.717, 1.165) is 18.4 Å². The van der Waals surface area contributed by atoms with E-state index in [0.29, 0.717) is 25.8 Å². The Labute approximate surface area is 158 Å². The Morgan fingerprint density at radius 3 is 2.35 bits per heavy atom. The maximum Gasteiger partial charge on any atom is 0.223 e. The Hall–Kier alpha value is -1.36. The van der Waals surface area contributed by atoms with E-state index in [-0.39, 0.29) is 28.9 Å². The van der Waals surface area contributed by atoms with Gasteiger partial charge in [-0.3, -0.25) is 4.79 Å². The van der Waals surface area contributed by atoms with Gasteiger partial charge in [-0.25, -0.2) is 8.42 Å². The van der Waals surface area contributed by atoms with Crippen molar-refractivity contribution >= 4 is 15.7 Å². The average molecular weight is 380 g/mol. The Balaban J connectivity index is 1.98. The molecule has 146 valence electrons. The molecule has 1 atom stereocenters. The first-order chi connectivity index (χ1) is 12.1. The van der Waals surface area contributed by atoms with E-state index in [2.05, 4.69) is 52.0 Å². The Bertz CT molecular complexity index is 702. The van der Waals surface area contributed by atoms with Crippen LogP contribution in [0.2, 0.25) is 0 Å². The molecule has 1 amide bonds. The van der Waals surface area contributed by atoms with Crippen LogP contribution in [0.15, 0.2) is 24.3 Å². The van der Waals surface area contributed by atoms with Crippen LogP contribution in [0.25, 0.3) is 0 Å². The fourth-order valence-electron chi connectivity index (χ4n) is 3.43. The van der Waals surface area contributed by atoms with Crippen LogP contribution in [0, 0.1) is 0 Å². The van der Waals surface area contributed by atoms with E-state index in [9.17, 15) is 13.2 Å². The summed E-state index contributed by atoms with van der Waals surface area (Å²) in [6.07, 6.45) is 3.64. The van der Waals surface area contributed by atoms with Gasteiger partial charge in [-0.1, -0.05) is 58.4 Å². The van der Waals surface area contributed by atoms with Gasteiger partial charge in [0.1, 0.15) is 0 Å². The standard InChI is InChI=1S/C21H33NO3S/c1-5-6-14-22(19-13-15-26(24,25)16-19)20(23)12-9-17-7-10-18(11-8-17)21(2,3)4/h7-8,10-11,19H,5-6,9,12-16H2,1-4H3. The van der Waals surface area contributed by atoms with E-state index in [1.165, 1.54) is 5.56 Å². The van der Waals surface area contributed by atoms with Gasteiger partial charge in [-0.05, 0) is 35.8 Å². The molecule has 4 nitrogen and oxygen atoms in total. The molecule has 1 fully saturated rings. The maximum atomic E-state index is 12.8. The molecule has 0 saturated carbocycles. The third kappa shape index (κ3) is 5.83. The summed E-state index contributed by atoms with van der Waals surface area (Å²) in [6.45, 7) is 9.32. The Morgan fingerprint density at radius 2 is 1.85 bits per heavy atom. The van der Waals surface area contributed by atoms with E-state index in [1.807, 2.05) is 4.90 Å². The largest absolute Gasteiger partial charge is 0.339 e. The summed E-state index contributed by atoms with van der Waals surface area (Å²) in [6, 6.07) is 8.34. The van der Waals surface area contributed by atoms with E-state index in [4.69, 9.17) is 0 Å². The van der Waals surface area contributed by atoms with Crippen LogP contribution in [-0.2, 0) is 26.5 Å². The number of aryl methyl sites for hydroxylation is 1. The Morgan fingerprint density at radius 1 is 1.19 bits per heavy atom. The zero-order valence-electron chi connectivity index (χ0n) is 16.6. The first-order valence-electron chi connectivity index (χ1n) is 9.71. The second-order valence-corrected chi connectivity index (χ2v) is 10.7. The molecule has 2 rings (SSSR count). The highest BCUT2D eigenvalue weighted by molar-refractivity contribution is 7.91. The number of amides is 1. The van der Waals surface area contributed by atoms with Gasteiger partial charge in [0.25, 0.3) is 0 Å². The van der Waals surface area contributed by atoms with Crippen LogP contribution >= 0.6 is 0 Å². The molecule has 0 N–H and O–H groups in total. The summed E-state index contributed by atoms with van der Waals surface area (Å²) in [5, 5.41) is 0. The van der Waals surface area contributed by atoms with Crippen molar-refractivity contribution in [3.63, 3.8) is 0 Å². The molecule has 0 radical (unpaired) electrons. The van der Waals surface area contributed by atoms with Crippen molar-refractivity contribution in [1.29, 1.82) is 0 Å². The van der Waals surface area contributed by atoms with Crippen LogP contribution in [0.3, 0.4) is 0 Å². The Kier molecular flexibility index (Phi) is 6.89. The molecular weight excluding hydrogens is 346 g/mol. The molecule has 0 aliphatic carbocycles. The van der Waals surface area contributed by atoms with Gasteiger partial charge in [-0.15, -0.1) is 0 Å². The number of unbranched alkanes of at least 4 members (excludes halogenated alkanes) is 1. The van der Waals surface area contributed by atoms with Crippen LogP contribution in [0.4, 0.5) is 0 Å². The monoisotopic (exact) mass is 379 g/mol. The lowest BCUT2D eigenvalue weighted by Gasteiger charge is -2.28. The molecular formula is C21H33NO3S. The number of nitrogens with zero attached hydrogens (tertiary/aromatic N) is 1. The van der Waals surface area contributed by atoms with Crippen molar-refractivity contribution in [3.05, 3.63) is 35.4 Å². The summed E-state index contributed by atoms with van der Waals surface area (Å²) in [5.41, 5.74) is 2.56. The number of carbonyl (C=O) groups is 1. The van der Waals surface area contributed by atoms with Gasteiger partial charge in [0.05, 0.1) is 11.5 Å².